The topological polar surface area (TPSA) is 26.3 Å². The molecule has 0 spiro atoms. The Morgan fingerprint density at radius 2 is 2.07 bits per heavy atom. The molecule has 2 heteroatoms. The number of allylic oxidation sites excluding steroid dienone is 1. The maximum atomic E-state index is 11.7. The van der Waals surface area contributed by atoms with Crippen LogP contribution in [-0.2, 0) is 9.53 Å². The Labute approximate surface area is 84.3 Å². The van der Waals surface area contributed by atoms with Crippen LogP contribution in [0.15, 0.2) is 11.1 Å². The van der Waals surface area contributed by atoms with Crippen molar-refractivity contribution in [3.8, 4) is 0 Å². The molecule has 5 rings (SSSR count). The van der Waals surface area contributed by atoms with Crippen LogP contribution in [0.1, 0.15) is 32.6 Å². The van der Waals surface area contributed by atoms with E-state index in [4.69, 9.17) is 4.74 Å². The molecule has 0 aromatic carbocycles. The SMILES string of the molecule is CCOC(=O)C1=C2C3CC(C1)CC2C3. The minimum absolute atomic E-state index is 0.0263. The van der Waals surface area contributed by atoms with Gasteiger partial charge in [-0.25, -0.2) is 4.79 Å². The second-order valence-electron chi connectivity index (χ2n) is 4.83. The number of fused-ring (bicyclic) bond motifs is 1. The van der Waals surface area contributed by atoms with E-state index in [1.54, 1.807) is 0 Å². The number of hydrogen-bond acceptors (Lipinski definition) is 2. The largest absolute Gasteiger partial charge is 0.463 e. The molecule has 4 bridgehead atoms. The number of carbonyl (C=O) groups is 1. The fourth-order valence-corrected chi connectivity index (χ4v) is 3.60. The number of carbonyl (C=O) groups excluding carboxylic acids is 1. The zero-order valence-corrected chi connectivity index (χ0v) is 8.58. The van der Waals surface area contributed by atoms with Gasteiger partial charge in [0.25, 0.3) is 0 Å². The first kappa shape index (κ1) is 8.51. The third-order valence-corrected chi connectivity index (χ3v) is 4.05. The highest BCUT2D eigenvalue weighted by Crippen LogP contribution is 2.59. The third-order valence-electron chi connectivity index (χ3n) is 4.05. The lowest BCUT2D eigenvalue weighted by Crippen LogP contribution is -2.43. The second kappa shape index (κ2) is 2.85. The molecule has 3 saturated carbocycles. The molecular weight excluding hydrogens is 176 g/mol. The fraction of sp³-hybridized carbons (Fsp3) is 0.750. The summed E-state index contributed by atoms with van der Waals surface area (Å²) in [6.07, 6.45) is 5.03. The number of hydrogen-bond donors (Lipinski definition) is 0. The van der Waals surface area contributed by atoms with Gasteiger partial charge in [-0.2, -0.15) is 0 Å². The summed E-state index contributed by atoms with van der Waals surface area (Å²) in [4.78, 5) is 11.7. The summed E-state index contributed by atoms with van der Waals surface area (Å²) in [6.45, 7) is 2.39. The van der Waals surface area contributed by atoms with Crippen molar-refractivity contribution < 1.29 is 9.53 Å². The summed E-state index contributed by atoms with van der Waals surface area (Å²) in [5, 5.41) is 0. The first-order valence-electron chi connectivity index (χ1n) is 5.69. The molecule has 3 fully saturated rings. The lowest BCUT2D eigenvalue weighted by Gasteiger charge is -2.53. The Morgan fingerprint density at radius 3 is 2.64 bits per heavy atom. The van der Waals surface area contributed by atoms with Crippen LogP contribution in [0.4, 0.5) is 0 Å². The summed E-state index contributed by atoms with van der Waals surface area (Å²) < 4.78 is 5.11. The van der Waals surface area contributed by atoms with Crippen molar-refractivity contribution in [2.75, 3.05) is 6.61 Å². The van der Waals surface area contributed by atoms with Gasteiger partial charge in [0.2, 0.25) is 0 Å². The smallest absolute Gasteiger partial charge is 0.333 e. The maximum absolute atomic E-state index is 11.7. The zero-order chi connectivity index (χ0) is 9.71. The van der Waals surface area contributed by atoms with Gasteiger partial charge < -0.3 is 4.74 Å². The van der Waals surface area contributed by atoms with Gasteiger partial charge in [0.1, 0.15) is 0 Å². The van der Waals surface area contributed by atoms with Crippen LogP contribution in [0.25, 0.3) is 0 Å². The highest BCUT2D eigenvalue weighted by atomic mass is 16.5. The molecule has 0 amide bonds. The van der Waals surface area contributed by atoms with E-state index in [9.17, 15) is 4.79 Å². The molecule has 5 aliphatic rings. The van der Waals surface area contributed by atoms with E-state index in [1.807, 2.05) is 6.92 Å². The molecule has 14 heavy (non-hydrogen) atoms. The van der Waals surface area contributed by atoms with Crippen LogP contribution in [0, 0.1) is 17.8 Å². The number of rotatable bonds is 2. The molecule has 2 unspecified atom stereocenters. The Bertz CT molecular complexity index is 302. The van der Waals surface area contributed by atoms with Gasteiger partial charge >= 0.3 is 5.97 Å². The Morgan fingerprint density at radius 1 is 1.36 bits per heavy atom. The van der Waals surface area contributed by atoms with Crippen molar-refractivity contribution in [3.63, 3.8) is 0 Å². The Balaban J connectivity index is 1.89. The zero-order valence-electron chi connectivity index (χ0n) is 8.58. The molecule has 5 aliphatic carbocycles. The molecule has 2 nitrogen and oxygen atoms in total. The van der Waals surface area contributed by atoms with Crippen molar-refractivity contribution >= 4 is 5.97 Å². The molecule has 2 atom stereocenters. The summed E-state index contributed by atoms with van der Waals surface area (Å²) in [7, 11) is 0. The van der Waals surface area contributed by atoms with E-state index in [0.29, 0.717) is 6.61 Å². The van der Waals surface area contributed by atoms with Crippen LogP contribution in [-0.4, -0.2) is 12.6 Å². The standard InChI is InChI=1S/C12H16O2/c1-2-14-12(13)10-5-7-3-8-6-9(4-7)11(8)10/h7-9H,2-6H2,1H3. The van der Waals surface area contributed by atoms with Crippen LogP contribution in [0.2, 0.25) is 0 Å². The number of ether oxygens (including phenoxy) is 1. The van der Waals surface area contributed by atoms with Gasteiger partial charge in [-0.3, -0.25) is 0 Å². The van der Waals surface area contributed by atoms with E-state index in [-0.39, 0.29) is 5.97 Å². The van der Waals surface area contributed by atoms with E-state index in [1.165, 1.54) is 24.8 Å². The summed E-state index contributed by atoms with van der Waals surface area (Å²) in [6, 6.07) is 0. The van der Waals surface area contributed by atoms with Gasteiger partial charge in [0.05, 0.1) is 6.61 Å². The molecule has 0 saturated heterocycles. The molecule has 0 radical (unpaired) electrons. The molecule has 76 valence electrons. The molecule has 0 aromatic rings. The van der Waals surface area contributed by atoms with Crippen LogP contribution < -0.4 is 0 Å². The van der Waals surface area contributed by atoms with Crippen molar-refractivity contribution in [3.05, 3.63) is 11.1 Å². The molecule has 0 aromatic heterocycles. The third kappa shape index (κ3) is 0.999. The second-order valence-corrected chi connectivity index (χ2v) is 4.83. The average molecular weight is 192 g/mol. The highest BCUT2D eigenvalue weighted by molar-refractivity contribution is 5.90. The minimum Gasteiger partial charge on any atom is -0.463 e. The van der Waals surface area contributed by atoms with E-state index in [2.05, 4.69) is 0 Å². The van der Waals surface area contributed by atoms with E-state index < -0.39 is 0 Å². The van der Waals surface area contributed by atoms with E-state index >= 15 is 0 Å². The maximum Gasteiger partial charge on any atom is 0.333 e. The fourth-order valence-electron chi connectivity index (χ4n) is 3.60. The first-order chi connectivity index (χ1) is 6.79. The minimum atomic E-state index is -0.0263. The highest BCUT2D eigenvalue weighted by Gasteiger charge is 2.49. The van der Waals surface area contributed by atoms with Crippen molar-refractivity contribution in [1.29, 1.82) is 0 Å². The summed E-state index contributed by atoms with van der Waals surface area (Å²) in [5.74, 6) is 2.27. The van der Waals surface area contributed by atoms with Gasteiger partial charge in [-0.1, -0.05) is 5.57 Å². The van der Waals surface area contributed by atoms with E-state index in [0.717, 1.165) is 29.7 Å². The summed E-state index contributed by atoms with van der Waals surface area (Å²) in [5.41, 5.74) is 2.53. The quantitative estimate of drug-likeness (QED) is 0.627. The molecule has 0 aliphatic heterocycles. The van der Waals surface area contributed by atoms with Gasteiger partial charge in [0, 0.05) is 5.57 Å². The van der Waals surface area contributed by atoms with Crippen LogP contribution >= 0.6 is 0 Å². The molecule has 0 N–H and O–H groups in total. The van der Waals surface area contributed by atoms with Crippen molar-refractivity contribution in [2.45, 2.75) is 32.6 Å². The Hall–Kier alpha value is -0.790. The first-order valence-corrected chi connectivity index (χ1v) is 5.69. The van der Waals surface area contributed by atoms with Crippen LogP contribution in [0.5, 0.6) is 0 Å². The normalized spacial score (nSPS) is 38.2. The lowest BCUT2D eigenvalue weighted by atomic mass is 9.51. The van der Waals surface area contributed by atoms with Crippen molar-refractivity contribution in [2.24, 2.45) is 17.8 Å². The molecular formula is C12H16O2. The monoisotopic (exact) mass is 192 g/mol. The molecule has 0 heterocycles. The Kier molecular flexibility index (Phi) is 1.73. The average Bonchev–Trinajstić information content (AvgIpc) is 2.17. The van der Waals surface area contributed by atoms with Gasteiger partial charge in [-0.05, 0) is 50.4 Å². The lowest BCUT2D eigenvalue weighted by molar-refractivity contribution is -0.139. The number of esters is 1. The summed E-state index contributed by atoms with van der Waals surface area (Å²) >= 11 is 0. The predicted molar refractivity (Wildman–Crippen MR) is 52.6 cm³/mol. The van der Waals surface area contributed by atoms with Crippen molar-refractivity contribution in [1.82, 2.24) is 0 Å². The van der Waals surface area contributed by atoms with Gasteiger partial charge in [-0.15, -0.1) is 0 Å². The van der Waals surface area contributed by atoms with Crippen LogP contribution in [0.3, 0.4) is 0 Å². The van der Waals surface area contributed by atoms with Gasteiger partial charge in [0.15, 0.2) is 0 Å². The predicted octanol–water partition coefficient (Wildman–Crippen LogP) is 2.30.